The molecule has 0 amide bonds. The van der Waals surface area contributed by atoms with E-state index in [1.54, 1.807) is 24.4 Å². The molecule has 20 heavy (non-hydrogen) atoms. The molecule has 1 N–H and O–H groups in total. The second kappa shape index (κ2) is 6.92. The van der Waals surface area contributed by atoms with Gasteiger partial charge in [-0.25, -0.2) is 9.37 Å². The lowest BCUT2D eigenvalue weighted by atomic mass is 10.1. The maximum atomic E-state index is 13.5. The van der Waals surface area contributed by atoms with Gasteiger partial charge in [-0.15, -0.1) is 11.8 Å². The fourth-order valence-corrected chi connectivity index (χ4v) is 2.52. The topological polar surface area (TPSA) is 42.4 Å². The van der Waals surface area contributed by atoms with E-state index in [9.17, 15) is 9.50 Å². The van der Waals surface area contributed by atoms with E-state index in [1.165, 1.54) is 31.0 Å². The maximum absolute atomic E-state index is 13.5. The third-order valence-corrected chi connectivity index (χ3v) is 3.89. The zero-order valence-electron chi connectivity index (χ0n) is 10.7. The van der Waals surface area contributed by atoms with Gasteiger partial charge in [0, 0.05) is 11.9 Å². The average Bonchev–Trinajstić information content (AvgIpc) is 2.46. The number of ether oxygens (including phenoxy) is 1. The molecule has 0 saturated carbocycles. The van der Waals surface area contributed by atoms with Gasteiger partial charge in [-0.05, 0) is 29.8 Å². The number of hydrogen-bond donors (Lipinski definition) is 1. The van der Waals surface area contributed by atoms with Gasteiger partial charge in [-0.1, -0.05) is 17.7 Å². The van der Waals surface area contributed by atoms with E-state index in [2.05, 4.69) is 4.98 Å². The van der Waals surface area contributed by atoms with E-state index in [1.807, 2.05) is 0 Å². The molecule has 0 fully saturated rings. The molecule has 0 spiro atoms. The van der Waals surface area contributed by atoms with Gasteiger partial charge in [0.1, 0.15) is 0 Å². The van der Waals surface area contributed by atoms with Gasteiger partial charge in [-0.3, -0.25) is 0 Å². The molecule has 3 nitrogen and oxygen atoms in total. The van der Waals surface area contributed by atoms with E-state index in [-0.39, 0.29) is 5.75 Å². The summed E-state index contributed by atoms with van der Waals surface area (Å²) in [6.07, 6.45) is 0.765. The number of benzene rings is 1. The average molecular weight is 314 g/mol. The van der Waals surface area contributed by atoms with Crippen LogP contribution in [0.1, 0.15) is 11.7 Å². The summed E-state index contributed by atoms with van der Waals surface area (Å²) >= 11 is 7.12. The Morgan fingerprint density at radius 3 is 2.80 bits per heavy atom. The van der Waals surface area contributed by atoms with E-state index >= 15 is 0 Å². The maximum Gasteiger partial charge on any atom is 0.165 e. The van der Waals surface area contributed by atoms with Gasteiger partial charge in [-0.2, -0.15) is 0 Å². The molecule has 106 valence electrons. The van der Waals surface area contributed by atoms with Crippen LogP contribution in [-0.4, -0.2) is 23.0 Å². The largest absolute Gasteiger partial charge is 0.494 e. The molecule has 0 radical (unpaired) electrons. The molecule has 0 aliphatic carbocycles. The van der Waals surface area contributed by atoms with Gasteiger partial charge in [0.05, 0.1) is 23.3 Å². The minimum absolute atomic E-state index is 0.160. The highest BCUT2D eigenvalue weighted by Gasteiger charge is 2.12. The normalized spacial score (nSPS) is 12.2. The number of thioether (sulfide) groups is 1. The van der Waals surface area contributed by atoms with Crippen LogP contribution in [0.25, 0.3) is 0 Å². The summed E-state index contributed by atoms with van der Waals surface area (Å²) < 4.78 is 18.4. The van der Waals surface area contributed by atoms with Crippen LogP contribution in [0.15, 0.2) is 41.6 Å². The lowest BCUT2D eigenvalue weighted by Crippen LogP contribution is -2.02. The van der Waals surface area contributed by atoms with Crippen molar-refractivity contribution in [2.24, 2.45) is 0 Å². The van der Waals surface area contributed by atoms with Crippen LogP contribution in [0, 0.1) is 5.82 Å². The number of pyridine rings is 1. The molecule has 0 bridgehead atoms. The third kappa shape index (κ3) is 3.85. The molecular weight excluding hydrogens is 301 g/mol. The van der Waals surface area contributed by atoms with Crippen molar-refractivity contribution in [1.82, 2.24) is 4.98 Å². The fraction of sp³-hybridized carbons (Fsp3) is 0.214. The summed E-state index contributed by atoms with van der Waals surface area (Å²) in [6.45, 7) is 0. The standard InChI is InChI=1S/C14H13ClFNO2S/c1-19-13-4-2-9(6-11(13)16)12(18)8-20-14-5-3-10(15)7-17-14/h2-7,12,18H,8H2,1H3. The summed E-state index contributed by atoms with van der Waals surface area (Å²) in [6, 6.07) is 7.92. The Balaban J connectivity index is 1.99. The molecule has 1 aromatic heterocycles. The van der Waals surface area contributed by atoms with Crippen LogP contribution < -0.4 is 4.74 Å². The Morgan fingerprint density at radius 2 is 2.20 bits per heavy atom. The van der Waals surface area contributed by atoms with Crippen molar-refractivity contribution in [3.63, 3.8) is 0 Å². The smallest absolute Gasteiger partial charge is 0.165 e. The van der Waals surface area contributed by atoms with Crippen molar-refractivity contribution in [2.45, 2.75) is 11.1 Å². The zero-order chi connectivity index (χ0) is 14.5. The highest BCUT2D eigenvalue weighted by Crippen LogP contribution is 2.26. The lowest BCUT2D eigenvalue weighted by molar-refractivity contribution is 0.203. The van der Waals surface area contributed by atoms with Gasteiger partial charge in [0.15, 0.2) is 11.6 Å². The highest BCUT2D eigenvalue weighted by atomic mass is 35.5. The SMILES string of the molecule is COc1ccc(C(O)CSc2ccc(Cl)cn2)cc1F. The summed E-state index contributed by atoms with van der Waals surface area (Å²) in [4.78, 5) is 4.11. The van der Waals surface area contributed by atoms with Crippen molar-refractivity contribution in [2.75, 3.05) is 12.9 Å². The summed E-state index contributed by atoms with van der Waals surface area (Å²) in [5.74, 6) is 0.0482. The van der Waals surface area contributed by atoms with Gasteiger partial charge in [0.25, 0.3) is 0 Å². The molecule has 2 aromatic rings. The monoisotopic (exact) mass is 313 g/mol. The first-order valence-electron chi connectivity index (χ1n) is 5.86. The number of aliphatic hydroxyl groups is 1. The Labute approximate surface area is 125 Å². The minimum Gasteiger partial charge on any atom is -0.494 e. The number of methoxy groups -OCH3 is 1. The molecule has 6 heteroatoms. The Kier molecular flexibility index (Phi) is 5.23. The molecule has 0 saturated heterocycles. The molecule has 1 heterocycles. The molecule has 1 aromatic carbocycles. The predicted octanol–water partition coefficient (Wildman–Crippen LogP) is 3.71. The number of hydrogen-bond acceptors (Lipinski definition) is 4. The minimum atomic E-state index is -0.780. The van der Waals surface area contributed by atoms with Crippen LogP contribution in [0.4, 0.5) is 4.39 Å². The van der Waals surface area contributed by atoms with E-state index < -0.39 is 11.9 Å². The van der Waals surface area contributed by atoms with Crippen molar-refractivity contribution in [1.29, 1.82) is 0 Å². The van der Waals surface area contributed by atoms with Crippen LogP contribution in [0.3, 0.4) is 0 Å². The Hall–Kier alpha value is -1.30. The second-order valence-corrected chi connectivity index (χ2v) is 5.51. The van der Waals surface area contributed by atoms with Crippen molar-refractivity contribution < 1.29 is 14.2 Å². The molecular formula is C14H13ClFNO2S. The van der Waals surface area contributed by atoms with Crippen molar-refractivity contribution in [3.8, 4) is 5.75 Å². The number of halogens is 2. The van der Waals surface area contributed by atoms with Crippen LogP contribution in [0.5, 0.6) is 5.75 Å². The van der Waals surface area contributed by atoms with Gasteiger partial charge < -0.3 is 9.84 Å². The van der Waals surface area contributed by atoms with Gasteiger partial charge in [0.2, 0.25) is 0 Å². The number of aliphatic hydroxyl groups excluding tert-OH is 1. The fourth-order valence-electron chi connectivity index (χ4n) is 1.60. The van der Waals surface area contributed by atoms with E-state index in [4.69, 9.17) is 16.3 Å². The van der Waals surface area contributed by atoms with Crippen LogP contribution in [-0.2, 0) is 0 Å². The Bertz CT molecular complexity index is 580. The lowest BCUT2D eigenvalue weighted by Gasteiger charge is -2.11. The molecule has 2 rings (SSSR count). The highest BCUT2D eigenvalue weighted by molar-refractivity contribution is 7.99. The van der Waals surface area contributed by atoms with Crippen molar-refractivity contribution >= 4 is 23.4 Å². The third-order valence-electron chi connectivity index (χ3n) is 2.65. The molecule has 1 atom stereocenters. The first-order chi connectivity index (χ1) is 9.60. The van der Waals surface area contributed by atoms with Crippen LogP contribution >= 0.6 is 23.4 Å². The summed E-state index contributed by atoms with van der Waals surface area (Å²) in [5.41, 5.74) is 0.504. The van der Waals surface area contributed by atoms with E-state index in [0.717, 1.165) is 5.03 Å². The quantitative estimate of drug-likeness (QED) is 0.855. The summed E-state index contributed by atoms with van der Waals surface area (Å²) in [7, 11) is 1.40. The molecule has 0 aliphatic rings. The first kappa shape index (κ1) is 15.1. The molecule has 0 aliphatic heterocycles. The number of nitrogens with zero attached hydrogens (tertiary/aromatic N) is 1. The van der Waals surface area contributed by atoms with Crippen molar-refractivity contribution in [3.05, 3.63) is 52.9 Å². The first-order valence-corrected chi connectivity index (χ1v) is 7.22. The van der Waals surface area contributed by atoms with E-state index in [0.29, 0.717) is 16.3 Å². The second-order valence-electron chi connectivity index (χ2n) is 4.04. The summed E-state index contributed by atoms with van der Waals surface area (Å²) in [5, 5.41) is 11.4. The van der Waals surface area contributed by atoms with Gasteiger partial charge >= 0.3 is 0 Å². The van der Waals surface area contributed by atoms with Crippen LogP contribution in [0.2, 0.25) is 5.02 Å². The number of aromatic nitrogens is 1. The Morgan fingerprint density at radius 1 is 1.40 bits per heavy atom. The zero-order valence-corrected chi connectivity index (χ0v) is 12.3. The predicted molar refractivity (Wildman–Crippen MR) is 77.9 cm³/mol. The molecule has 1 unspecified atom stereocenters. The number of rotatable bonds is 5.